The van der Waals surface area contributed by atoms with E-state index in [0.29, 0.717) is 28.5 Å². The number of hydrogen-bond donors (Lipinski definition) is 1. The van der Waals surface area contributed by atoms with Crippen LogP contribution >= 0.6 is 0 Å². The maximum Gasteiger partial charge on any atom is 0.416 e. The summed E-state index contributed by atoms with van der Waals surface area (Å²) in [4.78, 5) is 12.4. The van der Waals surface area contributed by atoms with Crippen molar-refractivity contribution in [1.82, 2.24) is 15.5 Å². The number of carbonyl (C=O) groups excluding carboxylic acids is 1. The van der Waals surface area contributed by atoms with Gasteiger partial charge in [0, 0.05) is 23.2 Å². The van der Waals surface area contributed by atoms with Gasteiger partial charge in [0.05, 0.1) is 5.56 Å². The third-order valence-corrected chi connectivity index (χ3v) is 4.79. The minimum absolute atomic E-state index is 0.0198. The van der Waals surface area contributed by atoms with Crippen LogP contribution in [0.2, 0.25) is 0 Å². The van der Waals surface area contributed by atoms with Gasteiger partial charge in [0.25, 0.3) is 5.91 Å². The highest BCUT2D eigenvalue weighted by atomic mass is 19.4. The largest absolute Gasteiger partial charge is 0.416 e. The van der Waals surface area contributed by atoms with E-state index >= 15 is 0 Å². The van der Waals surface area contributed by atoms with Gasteiger partial charge in [-0.1, -0.05) is 29.8 Å². The zero-order valence-corrected chi connectivity index (χ0v) is 17.0. The Hall–Kier alpha value is -3.94. The lowest BCUT2D eigenvalue weighted by atomic mass is 10.1. The van der Waals surface area contributed by atoms with Crippen LogP contribution in [0.25, 0.3) is 22.9 Å². The molecule has 1 amide bonds. The van der Waals surface area contributed by atoms with Crippen molar-refractivity contribution < 1.29 is 22.4 Å². The molecule has 0 aliphatic heterocycles. The number of benzene rings is 3. The fourth-order valence-corrected chi connectivity index (χ4v) is 3.14. The lowest BCUT2D eigenvalue weighted by molar-refractivity contribution is -0.137. The summed E-state index contributed by atoms with van der Waals surface area (Å²) in [5.74, 6) is 0.309. The van der Waals surface area contributed by atoms with E-state index in [9.17, 15) is 18.0 Å². The van der Waals surface area contributed by atoms with Gasteiger partial charge in [0.15, 0.2) is 0 Å². The lowest BCUT2D eigenvalue weighted by Gasteiger charge is -2.10. The molecule has 0 aliphatic carbocycles. The van der Waals surface area contributed by atoms with Crippen LogP contribution < -0.4 is 5.32 Å². The first kappa shape index (κ1) is 21.3. The van der Waals surface area contributed by atoms with Crippen molar-refractivity contribution in [2.24, 2.45) is 0 Å². The standard InChI is InChI=1S/C24H18F3N3O2/c1-15-4-2-6-19(12-15)23-30-29-22(32-23)18-10-8-17(9-11-18)21(31)28-14-16-5-3-7-20(13-16)24(25,26)27/h2-13H,14H2,1H3,(H,28,31). The number of aryl methyl sites for hydroxylation is 1. The van der Waals surface area contributed by atoms with E-state index in [1.807, 2.05) is 31.2 Å². The Balaban J connectivity index is 1.42. The van der Waals surface area contributed by atoms with E-state index in [1.165, 1.54) is 12.1 Å². The van der Waals surface area contributed by atoms with Gasteiger partial charge in [0.2, 0.25) is 11.8 Å². The molecule has 162 valence electrons. The van der Waals surface area contributed by atoms with Gasteiger partial charge in [-0.3, -0.25) is 4.79 Å². The number of alkyl halides is 3. The molecule has 3 aromatic carbocycles. The van der Waals surface area contributed by atoms with Crippen LogP contribution in [0, 0.1) is 6.92 Å². The van der Waals surface area contributed by atoms with E-state index in [1.54, 1.807) is 24.3 Å². The van der Waals surface area contributed by atoms with Crippen molar-refractivity contribution in [1.29, 1.82) is 0 Å². The van der Waals surface area contributed by atoms with Crippen molar-refractivity contribution >= 4 is 5.91 Å². The van der Waals surface area contributed by atoms with Crippen molar-refractivity contribution in [3.05, 3.63) is 95.1 Å². The van der Waals surface area contributed by atoms with Gasteiger partial charge in [-0.15, -0.1) is 10.2 Å². The van der Waals surface area contributed by atoms with E-state index < -0.39 is 17.6 Å². The van der Waals surface area contributed by atoms with Gasteiger partial charge in [0.1, 0.15) is 0 Å². The Morgan fingerprint density at radius 2 is 1.59 bits per heavy atom. The van der Waals surface area contributed by atoms with E-state index in [4.69, 9.17) is 4.42 Å². The van der Waals surface area contributed by atoms with Crippen molar-refractivity contribution in [3.8, 4) is 22.9 Å². The molecule has 4 aromatic rings. The molecule has 1 aromatic heterocycles. The van der Waals surface area contributed by atoms with Crippen molar-refractivity contribution in [2.45, 2.75) is 19.6 Å². The Morgan fingerprint density at radius 1 is 0.906 bits per heavy atom. The molecule has 0 saturated carbocycles. The maximum absolute atomic E-state index is 12.8. The zero-order valence-electron chi connectivity index (χ0n) is 17.0. The first-order valence-electron chi connectivity index (χ1n) is 9.75. The fraction of sp³-hybridized carbons (Fsp3) is 0.125. The monoisotopic (exact) mass is 437 g/mol. The number of nitrogens with zero attached hydrogens (tertiary/aromatic N) is 2. The second kappa shape index (κ2) is 8.66. The van der Waals surface area contributed by atoms with Crippen LogP contribution in [0.4, 0.5) is 13.2 Å². The van der Waals surface area contributed by atoms with Crippen LogP contribution in [0.1, 0.15) is 27.0 Å². The topological polar surface area (TPSA) is 68.0 Å². The maximum atomic E-state index is 12.8. The van der Waals surface area contributed by atoms with E-state index in [2.05, 4.69) is 15.5 Å². The molecule has 0 fully saturated rings. The molecule has 8 heteroatoms. The molecule has 0 saturated heterocycles. The number of hydrogen-bond acceptors (Lipinski definition) is 4. The van der Waals surface area contributed by atoms with Crippen LogP contribution in [-0.4, -0.2) is 16.1 Å². The van der Waals surface area contributed by atoms with Crippen LogP contribution in [-0.2, 0) is 12.7 Å². The molecule has 0 atom stereocenters. The quantitative estimate of drug-likeness (QED) is 0.437. The zero-order chi connectivity index (χ0) is 22.7. The number of rotatable bonds is 5. The highest BCUT2D eigenvalue weighted by Crippen LogP contribution is 2.29. The smallest absolute Gasteiger partial charge is 0.416 e. The molecule has 32 heavy (non-hydrogen) atoms. The summed E-state index contributed by atoms with van der Waals surface area (Å²) in [5, 5.41) is 10.8. The van der Waals surface area contributed by atoms with Gasteiger partial charge < -0.3 is 9.73 Å². The predicted molar refractivity (Wildman–Crippen MR) is 113 cm³/mol. The van der Waals surface area contributed by atoms with E-state index in [0.717, 1.165) is 23.3 Å². The molecule has 0 radical (unpaired) electrons. The molecule has 0 unspecified atom stereocenters. The number of amides is 1. The van der Waals surface area contributed by atoms with E-state index in [-0.39, 0.29) is 6.54 Å². The van der Waals surface area contributed by atoms with Gasteiger partial charge in [-0.25, -0.2) is 0 Å². The molecule has 4 rings (SSSR count). The van der Waals surface area contributed by atoms with Crippen molar-refractivity contribution in [3.63, 3.8) is 0 Å². The second-order valence-electron chi connectivity index (χ2n) is 7.24. The number of halogens is 3. The molecular formula is C24H18F3N3O2. The first-order valence-corrected chi connectivity index (χ1v) is 9.75. The second-order valence-corrected chi connectivity index (χ2v) is 7.24. The molecule has 1 heterocycles. The van der Waals surface area contributed by atoms with Gasteiger partial charge >= 0.3 is 6.18 Å². The third-order valence-electron chi connectivity index (χ3n) is 4.79. The third kappa shape index (κ3) is 4.85. The SMILES string of the molecule is Cc1cccc(-c2nnc(-c3ccc(C(=O)NCc4cccc(C(F)(F)F)c4)cc3)o2)c1. The predicted octanol–water partition coefficient (Wildman–Crippen LogP) is 5.66. The summed E-state index contributed by atoms with van der Waals surface area (Å²) in [6.45, 7) is 1.95. The summed E-state index contributed by atoms with van der Waals surface area (Å²) in [6, 6.07) is 19.1. The summed E-state index contributed by atoms with van der Waals surface area (Å²) in [7, 11) is 0. The lowest BCUT2D eigenvalue weighted by Crippen LogP contribution is -2.23. The summed E-state index contributed by atoms with van der Waals surface area (Å²) in [6.07, 6.45) is -4.43. The van der Waals surface area contributed by atoms with Gasteiger partial charge in [-0.2, -0.15) is 13.2 Å². The Kier molecular flexibility index (Phi) is 5.77. The van der Waals surface area contributed by atoms with Crippen LogP contribution in [0.15, 0.2) is 77.2 Å². The number of nitrogens with one attached hydrogen (secondary N) is 1. The summed E-state index contributed by atoms with van der Waals surface area (Å²) < 4.78 is 44.2. The molecule has 5 nitrogen and oxygen atoms in total. The Labute approximate surface area is 181 Å². The summed E-state index contributed by atoms with van der Waals surface area (Å²) in [5.41, 5.74) is 2.50. The average molecular weight is 437 g/mol. The number of carbonyl (C=O) groups is 1. The minimum Gasteiger partial charge on any atom is -0.416 e. The van der Waals surface area contributed by atoms with Crippen molar-refractivity contribution in [2.75, 3.05) is 0 Å². The van der Waals surface area contributed by atoms with Gasteiger partial charge in [-0.05, 0) is 61.0 Å². The Bertz CT molecular complexity index is 1250. The highest BCUT2D eigenvalue weighted by Gasteiger charge is 2.30. The highest BCUT2D eigenvalue weighted by molar-refractivity contribution is 5.94. The average Bonchev–Trinajstić information content (AvgIpc) is 3.28. The molecule has 0 spiro atoms. The summed E-state index contributed by atoms with van der Waals surface area (Å²) >= 11 is 0. The first-order chi connectivity index (χ1) is 15.3. The Morgan fingerprint density at radius 3 is 2.28 bits per heavy atom. The molecule has 0 bridgehead atoms. The molecule has 1 N–H and O–H groups in total. The van der Waals surface area contributed by atoms with Crippen LogP contribution in [0.3, 0.4) is 0 Å². The minimum atomic E-state index is -4.43. The van der Waals surface area contributed by atoms with Crippen LogP contribution in [0.5, 0.6) is 0 Å². The number of aromatic nitrogens is 2. The molecule has 0 aliphatic rings. The fourth-order valence-electron chi connectivity index (χ4n) is 3.14. The normalized spacial score (nSPS) is 11.4. The molecular weight excluding hydrogens is 419 g/mol.